The Bertz CT molecular complexity index is 915. The van der Waals surface area contributed by atoms with E-state index < -0.39 is 5.60 Å². The number of para-hydroxylation sites is 1. The van der Waals surface area contributed by atoms with E-state index in [1.54, 1.807) is 0 Å². The number of benzene rings is 2. The van der Waals surface area contributed by atoms with Crippen molar-refractivity contribution in [1.82, 2.24) is 5.32 Å². The van der Waals surface area contributed by atoms with Crippen LogP contribution in [0.3, 0.4) is 0 Å². The summed E-state index contributed by atoms with van der Waals surface area (Å²) >= 11 is 6.01. The van der Waals surface area contributed by atoms with Crippen molar-refractivity contribution in [2.24, 2.45) is 11.8 Å². The van der Waals surface area contributed by atoms with Crippen LogP contribution in [0.1, 0.15) is 56.6 Å². The Kier molecular flexibility index (Phi) is 5.66. The molecule has 0 heterocycles. The molecular weight excluding hydrogens is 410 g/mol. The van der Waals surface area contributed by atoms with Gasteiger partial charge in [-0.3, -0.25) is 0 Å². The first-order chi connectivity index (χ1) is 15.0. The molecule has 2 atom stereocenters. The van der Waals surface area contributed by atoms with Crippen molar-refractivity contribution in [2.75, 3.05) is 6.61 Å². The summed E-state index contributed by atoms with van der Waals surface area (Å²) in [6, 6.07) is 13.9. The number of halogens is 1. The first-order valence-corrected chi connectivity index (χ1v) is 11.9. The van der Waals surface area contributed by atoms with E-state index in [-0.39, 0.29) is 5.54 Å². The number of rotatable bonds is 8. The van der Waals surface area contributed by atoms with Gasteiger partial charge in [-0.2, -0.15) is 0 Å². The van der Waals surface area contributed by atoms with Gasteiger partial charge in [-0.05, 0) is 81.0 Å². The number of aliphatic hydroxyl groups is 1. The van der Waals surface area contributed by atoms with Crippen LogP contribution in [-0.4, -0.2) is 22.9 Å². The highest BCUT2D eigenvalue weighted by atomic mass is 35.5. The van der Waals surface area contributed by atoms with Crippen LogP contribution in [0.4, 0.5) is 0 Å². The molecule has 0 spiro atoms. The molecule has 31 heavy (non-hydrogen) atoms. The molecule has 166 valence electrons. The zero-order chi connectivity index (χ0) is 21.5. The Balaban J connectivity index is 1.34. The maximum absolute atomic E-state index is 11.1. The minimum Gasteiger partial charge on any atom is -0.490 e. The third kappa shape index (κ3) is 4.44. The highest BCUT2D eigenvalue weighted by molar-refractivity contribution is 6.30. The van der Waals surface area contributed by atoms with Crippen molar-refractivity contribution in [3.63, 3.8) is 0 Å². The third-order valence-corrected chi connectivity index (χ3v) is 7.59. The normalized spacial score (nSPS) is 31.1. The van der Waals surface area contributed by atoms with Gasteiger partial charge in [-0.1, -0.05) is 35.9 Å². The lowest BCUT2D eigenvalue weighted by Crippen LogP contribution is -2.64. The zero-order valence-corrected chi connectivity index (χ0v) is 19.0. The Morgan fingerprint density at radius 2 is 1.77 bits per heavy atom. The van der Waals surface area contributed by atoms with Gasteiger partial charge in [0.25, 0.3) is 0 Å². The molecule has 4 aliphatic rings. The van der Waals surface area contributed by atoms with E-state index in [4.69, 9.17) is 21.1 Å². The average Bonchev–Trinajstić information content (AvgIpc) is 2.71. The van der Waals surface area contributed by atoms with E-state index in [1.165, 1.54) is 19.3 Å². The summed E-state index contributed by atoms with van der Waals surface area (Å²) < 4.78 is 12.2. The van der Waals surface area contributed by atoms with Gasteiger partial charge < -0.3 is 19.9 Å². The van der Waals surface area contributed by atoms with Gasteiger partial charge in [0.2, 0.25) is 0 Å². The second kappa shape index (κ2) is 8.31. The van der Waals surface area contributed by atoms with Crippen LogP contribution in [-0.2, 0) is 13.2 Å². The summed E-state index contributed by atoms with van der Waals surface area (Å²) in [6.45, 7) is 3.76. The summed E-state index contributed by atoms with van der Waals surface area (Å²) in [5.41, 5.74) is 1.76. The quantitative estimate of drug-likeness (QED) is 0.568. The van der Waals surface area contributed by atoms with Crippen molar-refractivity contribution < 1.29 is 14.6 Å². The monoisotopic (exact) mass is 441 g/mol. The lowest BCUT2D eigenvalue weighted by Gasteiger charge is -2.60. The van der Waals surface area contributed by atoms with Gasteiger partial charge >= 0.3 is 0 Å². The van der Waals surface area contributed by atoms with Crippen molar-refractivity contribution in [1.29, 1.82) is 0 Å². The minimum absolute atomic E-state index is 0.0495. The van der Waals surface area contributed by atoms with Crippen LogP contribution in [0.2, 0.25) is 5.02 Å². The van der Waals surface area contributed by atoms with Gasteiger partial charge in [0.05, 0.1) is 12.2 Å². The van der Waals surface area contributed by atoms with Crippen LogP contribution in [0.15, 0.2) is 42.5 Å². The predicted molar refractivity (Wildman–Crippen MR) is 123 cm³/mol. The predicted octanol–water partition coefficient (Wildman–Crippen LogP) is 5.49. The molecule has 2 aromatic carbocycles. The van der Waals surface area contributed by atoms with Gasteiger partial charge in [-0.25, -0.2) is 0 Å². The highest BCUT2D eigenvalue weighted by Crippen LogP contribution is 2.57. The smallest absolute Gasteiger partial charge is 0.166 e. The van der Waals surface area contributed by atoms with Crippen molar-refractivity contribution in [3.05, 3.63) is 58.6 Å². The van der Waals surface area contributed by atoms with Gasteiger partial charge in [0.1, 0.15) is 6.61 Å². The Morgan fingerprint density at radius 3 is 2.45 bits per heavy atom. The molecule has 0 aromatic heterocycles. The van der Waals surface area contributed by atoms with Gasteiger partial charge in [0.15, 0.2) is 11.5 Å². The molecule has 5 heteroatoms. The fourth-order valence-corrected chi connectivity index (χ4v) is 6.70. The molecule has 0 saturated heterocycles. The summed E-state index contributed by atoms with van der Waals surface area (Å²) in [4.78, 5) is 0. The summed E-state index contributed by atoms with van der Waals surface area (Å²) in [7, 11) is 0. The Labute approximate surface area is 189 Å². The van der Waals surface area contributed by atoms with E-state index in [0.717, 1.165) is 46.9 Å². The van der Waals surface area contributed by atoms with E-state index in [1.807, 2.05) is 43.3 Å². The van der Waals surface area contributed by atoms with Gasteiger partial charge in [0, 0.05) is 22.7 Å². The number of nitrogens with one attached hydrogen (secondary N) is 1. The van der Waals surface area contributed by atoms with E-state index >= 15 is 0 Å². The molecule has 2 aromatic rings. The summed E-state index contributed by atoms with van der Waals surface area (Å²) in [5, 5.41) is 15.7. The molecule has 0 radical (unpaired) electrons. The third-order valence-electron chi connectivity index (χ3n) is 7.34. The largest absolute Gasteiger partial charge is 0.490 e. The Hall–Kier alpha value is -1.75. The molecular formula is C26H32ClNO3. The lowest BCUT2D eigenvalue weighted by molar-refractivity contribution is -0.142. The lowest BCUT2D eigenvalue weighted by atomic mass is 9.51. The molecule has 6 rings (SSSR count). The highest BCUT2D eigenvalue weighted by Gasteiger charge is 2.56. The molecule has 4 fully saturated rings. The molecule has 4 nitrogen and oxygen atoms in total. The van der Waals surface area contributed by atoms with Crippen LogP contribution < -0.4 is 14.8 Å². The van der Waals surface area contributed by atoms with Crippen molar-refractivity contribution >= 4 is 11.6 Å². The van der Waals surface area contributed by atoms with Crippen LogP contribution in [0.5, 0.6) is 11.5 Å². The molecule has 4 saturated carbocycles. The fourth-order valence-electron chi connectivity index (χ4n) is 6.57. The standard InChI is InChI=1S/C26H32ClNO3/c1-2-30-23-5-3-4-21(24(23)31-16-18-6-8-22(27)9-7-18)15-28-25-11-19-10-20(12-25)14-26(29,13-19)17-25/h3-9,19-20,28-29H,2,10-17H2,1H3. The average molecular weight is 442 g/mol. The second-order valence-electron chi connectivity index (χ2n) is 9.91. The second-order valence-corrected chi connectivity index (χ2v) is 10.3. The summed E-state index contributed by atoms with van der Waals surface area (Å²) in [6.07, 6.45) is 6.50. The first-order valence-electron chi connectivity index (χ1n) is 11.6. The van der Waals surface area contributed by atoms with Crippen LogP contribution >= 0.6 is 11.6 Å². The molecule has 4 aliphatic carbocycles. The topological polar surface area (TPSA) is 50.7 Å². The molecule has 4 bridgehead atoms. The number of ether oxygens (including phenoxy) is 2. The van der Waals surface area contributed by atoms with Crippen molar-refractivity contribution in [2.45, 2.75) is 69.7 Å². The van der Waals surface area contributed by atoms with Crippen LogP contribution in [0.25, 0.3) is 0 Å². The van der Waals surface area contributed by atoms with E-state index in [0.29, 0.717) is 31.6 Å². The fraction of sp³-hybridized carbons (Fsp3) is 0.538. The van der Waals surface area contributed by atoms with E-state index in [9.17, 15) is 5.11 Å². The molecule has 0 amide bonds. The van der Waals surface area contributed by atoms with Crippen molar-refractivity contribution in [3.8, 4) is 11.5 Å². The number of hydrogen-bond donors (Lipinski definition) is 2. The first kappa shape index (κ1) is 21.1. The Morgan fingerprint density at radius 1 is 1.03 bits per heavy atom. The zero-order valence-electron chi connectivity index (χ0n) is 18.2. The number of hydrogen-bond acceptors (Lipinski definition) is 4. The van der Waals surface area contributed by atoms with Crippen LogP contribution in [0, 0.1) is 11.8 Å². The molecule has 2 unspecified atom stereocenters. The minimum atomic E-state index is -0.460. The molecule has 0 aliphatic heterocycles. The maximum Gasteiger partial charge on any atom is 0.166 e. The SMILES string of the molecule is CCOc1cccc(CNC23CC4CC(CC(O)(C4)C2)C3)c1OCc1ccc(Cl)cc1. The van der Waals surface area contributed by atoms with Gasteiger partial charge in [-0.15, -0.1) is 0 Å². The molecule has 2 N–H and O–H groups in total. The van der Waals surface area contributed by atoms with E-state index in [2.05, 4.69) is 11.4 Å². The summed E-state index contributed by atoms with van der Waals surface area (Å²) in [5.74, 6) is 2.90. The maximum atomic E-state index is 11.1.